The zero-order valence-corrected chi connectivity index (χ0v) is 13.7. The van der Waals surface area contributed by atoms with Crippen LogP contribution in [-0.2, 0) is 11.2 Å². The average Bonchev–Trinajstić information content (AvgIpc) is 2.98. The number of amides is 1. The van der Waals surface area contributed by atoms with Gasteiger partial charge in [0, 0.05) is 37.6 Å². The Hall–Kier alpha value is -1.46. The van der Waals surface area contributed by atoms with Crippen molar-refractivity contribution in [1.82, 2.24) is 14.8 Å². The molecule has 2 fully saturated rings. The Morgan fingerprint density at radius 2 is 2.23 bits per heavy atom. The molecule has 0 radical (unpaired) electrons. The number of aryl methyl sites for hydroxylation is 1. The molecule has 0 spiro atoms. The summed E-state index contributed by atoms with van der Waals surface area (Å²) >= 11 is 0. The lowest BCUT2D eigenvalue weighted by Gasteiger charge is -2.39. The quantitative estimate of drug-likeness (QED) is 0.850. The smallest absolute Gasteiger partial charge is 0.255 e. The molecular weight excluding hydrogens is 278 g/mol. The number of carbonyl (C=O) groups is 1. The highest BCUT2D eigenvalue weighted by Gasteiger charge is 2.42. The van der Waals surface area contributed by atoms with Gasteiger partial charge in [-0.2, -0.15) is 0 Å². The number of nitrogens with zero attached hydrogens (tertiary/aromatic N) is 3. The molecule has 3 heterocycles. The lowest BCUT2D eigenvalue weighted by Crippen LogP contribution is -2.53. The van der Waals surface area contributed by atoms with Crippen LogP contribution in [0.15, 0.2) is 18.3 Å². The second-order valence-electron chi connectivity index (χ2n) is 6.41. The van der Waals surface area contributed by atoms with Crippen molar-refractivity contribution in [3.63, 3.8) is 0 Å². The van der Waals surface area contributed by atoms with Crippen LogP contribution >= 0.6 is 0 Å². The minimum atomic E-state index is 0.0665. The largest absolute Gasteiger partial charge is 0.373 e. The molecule has 120 valence electrons. The predicted octanol–water partition coefficient (Wildman–Crippen LogP) is 1.58. The fourth-order valence-corrected chi connectivity index (χ4v) is 3.46. The molecule has 1 aromatic rings. The number of hydrogen-bond donors (Lipinski definition) is 0. The maximum absolute atomic E-state index is 12.7. The Kier molecular flexibility index (Phi) is 4.45. The van der Waals surface area contributed by atoms with Crippen LogP contribution in [0.25, 0.3) is 0 Å². The zero-order chi connectivity index (χ0) is 15.7. The summed E-state index contributed by atoms with van der Waals surface area (Å²) in [7, 11) is 0. The second kappa shape index (κ2) is 6.34. The van der Waals surface area contributed by atoms with Crippen LogP contribution < -0.4 is 0 Å². The molecule has 2 aliphatic heterocycles. The first-order valence-corrected chi connectivity index (χ1v) is 8.21. The van der Waals surface area contributed by atoms with E-state index in [4.69, 9.17) is 4.74 Å². The number of morpholine rings is 1. The Labute approximate surface area is 132 Å². The number of fused-ring (bicyclic) bond motifs is 1. The molecule has 2 saturated heterocycles. The van der Waals surface area contributed by atoms with Crippen molar-refractivity contribution in [2.45, 2.75) is 45.4 Å². The Bertz CT molecular complexity index is 529. The molecule has 5 nitrogen and oxygen atoms in total. The predicted molar refractivity (Wildman–Crippen MR) is 84.9 cm³/mol. The first-order chi connectivity index (χ1) is 10.6. The summed E-state index contributed by atoms with van der Waals surface area (Å²) in [5.74, 6) is 0.0665. The fourth-order valence-electron chi connectivity index (χ4n) is 3.46. The van der Waals surface area contributed by atoms with Gasteiger partial charge in [0.25, 0.3) is 5.91 Å². The van der Waals surface area contributed by atoms with Gasteiger partial charge in [0.2, 0.25) is 0 Å². The monoisotopic (exact) mass is 303 g/mol. The SMILES string of the molecule is CCc1ccc(C(=O)N2CC3OCCN(C(C)C)C3C2)cn1. The third-order valence-electron chi connectivity index (χ3n) is 4.73. The minimum absolute atomic E-state index is 0.0665. The van der Waals surface area contributed by atoms with Crippen molar-refractivity contribution < 1.29 is 9.53 Å². The molecule has 2 atom stereocenters. The van der Waals surface area contributed by atoms with Crippen LogP contribution in [0.3, 0.4) is 0 Å². The average molecular weight is 303 g/mol. The summed E-state index contributed by atoms with van der Waals surface area (Å²) in [5.41, 5.74) is 1.69. The first kappa shape index (κ1) is 15.4. The second-order valence-corrected chi connectivity index (χ2v) is 6.41. The highest BCUT2D eigenvalue weighted by atomic mass is 16.5. The Balaban J connectivity index is 1.72. The molecule has 0 aliphatic carbocycles. The molecule has 0 saturated carbocycles. The standard InChI is InChI=1S/C17H25N3O2/c1-4-14-6-5-13(9-18-14)17(21)19-10-15-16(11-19)22-8-7-20(15)12(2)3/h5-6,9,12,15-16H,4,7-8,10-11H2,1-3H3. The summed E-state index contributed by atoms with van der Waals surface area (Å²) in [4.78, 5) is 21.4. The lowest BCUT2D eigenvalue weighted by atomic mass is 10.1. The van der Waals surface area contributed by atoms with Gasteiger partial charge < -0.3 is 9.64 Å². The van der Waals surface area contributed by atoms with Crippen molar-refractivity contribution in [3.8, 4) is 0 Å². The molecular formula is C17H25N3O2. The van der Waals surface area contributed by atoms with E-state index in [-0.39, 0.29) is 12.0 Å². The third-order valence-corrected chi connectivity index (χ3v) is 4.73. The maximum Gasteiger partial charge on any atom is 0.255 e. The molecule has 0 aromatic carbocycles. The van der Waals surface area contributed by atoms with Crippen LogP contribution in [-0.4, -0.2) is 65.1 Å². The minimum Gasteiger partial charge on any atom is -0.373 e. The van der Waals surface area contributed by atoms with E-state index in [0.29, 0.717) is 24.2 Å². The van der Waals surface area contributed by atoms with Gasteiger partial charge in [0.15, 0.2) is 0 Å². The molecule has 1 amide bonds. The van der Waals surface area contributed by atoms with Gasteiger partial charge in [0.1, 0.15) is 0 Å². The van der Waals surface area contributed by atoms with Gasteiger partial charge in [-0.1, -0.05) is 6.92 Å². The van der Waals surface area contributed by atoms with Crippen LogP contribution in [0.2, 0.25) is 0 Å². The molecule has 2 unspecified atom stereocenters. The van der Waals surface area contributed by atoms with E-state index in [0.717, 1.165) is 31.8 Å². The molecule has 22 heavy (non-hydrogen) atoms. The number of carbonyl (C=O) groups excluding carboxylic acids is 1. The van der Waals surface area contributed by atoms with Crippen molar-refractivity contribution >= 4 is 5.91 Å². The lowest BCUT2D eigenvalue weighted by molar-refractivity contribution is -0.0582. The zero-order valence-electron chi connectivity index (χ0n) is 13.7. The van der Waals surface area contributed by atoms with E-state index in [1.54, 1.807) is 6.20 Å². The Morgan fingerprint density at radius 1 is 1.41 bits per heavy atom. The van der Waals surface area contributed by atoms with E-state index >= 15 is 0 Å². The van der Waals surface area contributed by atoms with E-state index < -0.39 is 0 Å². The van der Waals surface area contributed by atoms with Gasteiger partial charge in [-0.15, -0.1) is 0 Å². The number of likely N-dealkylation sites (tertiary alicyclic amines) is 1. The fraction of sp³-hybridized carbons (Fsp3) is 0.647. The van der Waals surface area contributed by atoms with E-state index in [9.17, 15) is 4.79 Å². The summed E-state index contributed by atoms with van der Waals surface area (Å²) in [6.07, 6.45) is 2.73. The van der Waals surface area contributed by atoms with E-state index in [2.05, 4.69) is 30.7 Å². The molecule has 5 heteroatoms. The number of hydrogen-bond acceptors (Lipinski definition) is 4. The molecule has 2 aliphatic rings. The summed E-state index contributed by atoms with van der Waals surface area (Å²) in [6, 6.07) is 4.63. The first-order valence-electron chi connectivity index (χ1n) is 8.21. The van der Waals surface area contributed by atoms with Crippen molar-refractivity contribution in [3.05, 3.63) is 29.6 Å². The van der Waals surface area contributed by atoms with Gasteiger partial charge in [-0.3, -0.25) is 14.7 Å². The van der Waals surface area contributed by atoms with Crippen molar-refractivity contribution in [2.24, 2.45) is 0 Å². The van der Waals surface area contributed by atoms with Crippen molar-refractivity contribution in [2.75, 3.05) is 26.2 Å². The molecule has 0 N–H and O–H groups in total. The highest BCUT2D eigenvalue weighted by molar-refractivity contribution is 5.94. The highest BCUT2D eigenvalue weighted by Crippen LogP contribution is 2.25. The summed E-state index contributed by atoms with van der Waals surface area (Å²) in [6.45, 7) is 9.62. The van der Waals surface area contributed by atoms with E-state index in [1.807, 2.05) is 17.0 Å². The number of aromatic nitrogens is 1. The summed E-state index contributed by atoms with van der Waals surface area (Å²) in [5, 5.41) is 0. The van der Waals surface area contributed by atoms with Crippen LogP contribution in [0.5, 0.6) is 0 Å². The number of ether oxygens (including phenoxy) is 1. The van der Waals surface area contributed by atoms with Gasteiger partial charge in [-0.05, 0) is 32.4 Å². The normalized spacial score (nSPS) is 25.5. The van der Waals surface area contributed by atoms with Crippen LogP contribution in [0, 0.1) is 0 Å². The number of pyridine rings is 1. The van der Waals surface area contributed by atoms with Crippen molar-refractivity contribution in [1.29, 1.82) is 0 Å². The van der Waals surface area contributed by atoms with Gasteiger partial charge in [0.05, 0.1) is 24.3 Å². The van der Waals surface area contributed by atoms with Crippen LogP contribution in [0.4, 0.5) is 0 Å². The number of rotatable bonds is 3. The molecule has 3 rings (SSSR count). The van der Waals surface area contributed by atoms with Gasteiger partial charge >= 0.3 is 0 Å². The topological polar surface area (TPSA) is 45.7 Å². The van der Waals surface area contributed by atoms with Gasteiger partial charge in [-0.25, -0.2) is 0 Å². The van der Waals surface area contributed by atoms with Crippen LogP contribution in [0.1, 0.15) is 36.8 Å². The molecule has 1 aromatic heterocycles. The van der Waals surface area contributed by atoms with E-state index in [1.165, 1.54) is 0 Å². The summed E-state index contributed by atoms with van der Waals surface area (Å²) < 4.78 is 5.88. The third kappa shape index (κ3) is 2.88. The molecule has 0 bridgehead atoms. The maximum atomic E-state index is 12.7. The Morgan fingerprint density at radius 3 is 2.86 bits per heavy atom.